The molecule has 4 aromatic rings. The fraction of sp³-hybridized carbons (Fsp3) is 0.208. The van der Waals surface area contributed by atoms with Crippen LogP contribution in [0.1, 0.15) is 40.6 Å². The van der Waals surface area contributed by atoms with Gasteiger partial charge >= 0.3 is 0 Å². The van der Waals surface area contributed by atoms with E-state index in [-0.39, 0.29) is 11.9 Å². The van der Waals surface area contributed by atoms with Crippen LogP contribution in [0.4, 0.5) is 19.6 Å². The molecule has 3 aromatic heterocycles. The van der Waals surface area contributed by atoms with E-state index in [9.17, 15) is 13.6 Å². The van der Waals surface area contributed by atoms with E-state index in [1.807, 2.05) is 39.2 Å². The second kappa shape index (κ2) is 9.11. The SMILES string of the molecule is O=C(Nc1nc([C@H]2CCCN2c2ccc(F)cc2F)cs1)c1cccn1Cc1ccncc1. The molecule has 0 radical (unpaired) electrons. The molecule has 33 heavy (non-hydrogen) atoms. The van der Waals surface area contributed by atoms with Crippen LogP contribution in [0.15, 0.2) is 66.4 Å². The van der Waals surface area contributed by atoms with Crippen LogP contribution in [0.25, 0.3) is 0 Å². The number of amides is 1. The van der Waals surface area contributed by atoms with Gasteiger partial charge in [-0.3, -0.25) is 15.1 Å². The summed E-state index contributed by atoms with van der Waals surface area (Å²) in [6, 6.07) is 10.9. The number of rotatable bonds is 6. The first-order chi connectivity index (χ1) is 16.1. The van der Waals surface area contributed by atoms with Gasteiger partial charge in [-0.2, -0.15) is 0 Å². The molecular weight excluding hydrogens is 444 g/mol. The number of pyridine rings is 1. The van der Waals surface area contributed by atoms with Crippen molar-refractivity contribution < 1.29 is 13.6 Å². The van der Waals surface area contributed by atoms with Crippen molar-refractivity contribution in [2.75, 3.05) is 16.8 Å². The van der Waals surface area contributed by atoms with E-state index < -0.39 is 11.6 Å². The van der Waals surface area contributed by atoms with Crippen molar-refractivity contribution in [1.82, 2.24) is 14.5 Å². The van der Waals surface area contributed by atoms with Crippen LogP contribution in [0.2, 0.25) is 0 Å². The Bertz CT molecular complexity index is 1270. The number of carbonyl (C=O) groups excluding carboxylic acids is 1. The normalized spacial score (nSPS) is 15.7. The molecule has 168 valence electrons. The van der Waals surface area contributed by atoms with Gasteiger partial charge in [0, 0.05) is 43.1 Å². The van der Waals surface area contributed by atoms with Crippen LogP contribution in [-0.2, 0) is 6.54 Å². The molecule has 1 amide bonds. The minimum atomic E-state index is -0.598. The second-order valence-corrected chi connectivity index (χ2v) is 8.71. The quantitative estimate of drug-likeness (QED) is 0.422. The third kappa shape index (κ3) is 4.49. The summed E-state index contributed by atoms with van der Waals surface area (Å²) in [6.07, 6.45) is 6.99. The molecule has 1 fully saturated rings. The highest BCUT2D eigenvalue weighted by atomic mass is 32.1. The Kier molecular flexibility index (Phi) is 5.87. The summed E-state index contributed by atoms with van der Waals surface area (Å²) in [5.74, 6) is -1.43. The summed E-state index contributed by atoms with van der Waals surface area (Å²) >= 11 is 1.33. The van der Waals surface area contributed by atoms with Gasteiger partial charge in [0.05, 0.1) is 17.4 Å². The van der Waals surface area contributed by atoms with Gasteiger partial charge in [-0.15, -0.1) is 11.3 Å². The van der Waals surface area contributed by atoms with Crippen molar-refractivity contribution >= 4 is 28.1 Å². The van der Waals surface area contributed by atoms with E-state index >= 15 is 0 Å². The first-order valence-corrected chi connectivity index (χ1v) is 11.5. The van der Waals surface area contributed by atoms with Gasteiger partial charge < -0.3 is 9.47 Å². The number of thiazole rings is 1. The second-order valence-electron chi connectivity index (χ2n) is 7.86. The predicted octanol–water partition coefficient (Wildman–Crippen LogP) is 5.26. The molecule has 4 heterocycles. The summed E-state index contributed by atoms with van der Waals surface area (Å²) in [5.41, 5.74) is 2.70. The van der Waals surface area contributed by atoms with Crippen molar-refractivity contribution in [3.63, 3.8) is 0 Å². The standard InChI is InChI=1S/C24H21F2N5OS/c25-17-5-6-20(18(26)13-17)31-12-2-3-21(31)19-15-33-24(28-19)29-23(32)22-4-1-11-30(22)14-16-7-9-27-10-8-16/h1,4-11,13,15,21H,2-3,12,14H2,(H,28,29,32)/t21-/m1/s1. The molecule has 0 bridgehead atoms. The van der Waals surface area contributed by atoms with Gasteiger partial charge in [-0.25, -0.2) is 13.8 Å². The number of aromatic nitrogens is 3. The fourth-order valence-corrected chi connectivity index (χ4v) is 4.93. The van der Waals surface area contributed by atoms with Gasteiger partial charge in [0.15, 0.2) is 5.13 Å². The molecule has 1 N–H and O–H groups in total. The summed E-state index contributed by atoms with van der Waals surface area (Å²) in [6.45, 7) is 1.22. The van der Waals surface area contributed by atoms with Crippen molar-refractivity contribution in [3.05, 3.63) is 95.0 Å². The Balaban J connectivity index is 1.30. The summed E-state index contributed by atoms with van der Waals surface area (Å²) in [5, 5.41) is 5.25. The Morgan fingerprint density at radius 2 is 2.03 bits per heavy atom. The third-order valence-corrected chi connectivity index (χ3v) is 6.50. The monoisotopic (exact) mass is 465 g/mol. The lowest BCUT2D eigenvalue weighted by Crippen LogP contribution is -2.24. The van der Waals surface area contributed by atoms with Gasteiger partial charge in [0.2, 0.25) is 0 Å². The van der Waals surface area contributed by atoms with E-state index in [4.69, 9.17) is 0 Å². The van der Waals surface area contributed by atoms with E-state index in [2.05, 4.69) is 15.3 Å². The molecule has 1 atom stereocenters. The number of carbonyl (C=O) groups is 1. The van der Waals surface area contributed by atoms with Gasteiger partial charge in [0.25, 0.3) is 5.91 Å². The third-order valence-electron chi connectivity index (χ3n) is 5.72. The number of nitrogens with one attached hydrogen (secondary N) is 1. The number of anilines is 2. The molecule has 1 aliphatic heterocycles. The number of benzene rings is 1. The zero-order valence-electron chi connectivity index (χ0n) is 17.6. The Morgan fingerprint density at radius 3 is 2.85 bits per heavy atom. The van der Waals surface area contributed by atoms with Crippen LogP contribution in [-0.4, -0.2) is 27.0 Å². The maximum absolute atomic E-state index is 14.4. The van der Waals surface area contributed by atoms with Crippen molar-refractivity contribution in [3.8, 4) is 0 Å². The lowest BCUT2D eigenvalue weighted by molar-refractivity contribution is 0.101. The van der Waals surface area contributed by atoms with Crippen LogP contribution < -0.4 is 10.2 Å². The van der Waals surface area contributed by atoms with Crippen LogP contribution >= 0.6 is 11.3 Å². The van der Waals surface area contributed by atoms with Crippen molar-refractivity contribution in [1.29, 1.82) is 0 Å². The maximum atomic E-state index is 14.4. The minimum Gasteiger partial charge on any atom is -0.361 e. The van der Waals surface area contributed by atoms with Crippen LogP contribution in [0.3, 0.4) is 0 Å². The smallest absolute Gasteiger partial charge is 0.274 e. The lowest BCUT2D eigenvalue weighted by atomic mass is 10.1. The maximum Gasteiger partial charge on any atom is 0.274 e. The van der Waals surface area contributed by atoms with E-state index in [0.29, 0.717) is 29.6 Å². The fourth-order valence-electron chi connectivity index (χ4n) is 4.18. The molecule has 0 saturated carbocycles. The van der Waals surface area contributed by atoms with Crippen LogP contribution in [0.5, 0.6) is 0 Å². The molecule has 1 aromatic carbocycles. The molecule has 5 rings (SSSR count). The molecule has 1 saturated heterocycles. The summed E-state index contributed by atoms with van der Waals surface area (Å²) < 4.78 is 29.6. The van der Waals surface area contributed by atoms with Crippen LogP contribution in [0, 0.1) is 11.6 Å². The molecule has 6 nitrogen and oxygen atoms in total. The number of hydrogen-bond acceptors (Lipinski definition) is 5. The first kappa shape index (κ1) is 21.3. The molecule has 0 unspecified atom stereocenters. The number of nitrogens with zero attached hydrogens (tertiary/aromatic N) is 4. The van der Waals surface area contributed by atoms with Crippen molar-refractivity contribution in [2.45, 2.75) is 25.4 Å². The zero-order chi connectivity index (χ0) is 22.8. The van der Waals surface area contributed by atoms with E-state index in [1.165, 1.54) is 23.5 Å². The topological polar surface area (TPSA) is 63.1 Å². The number of hydrogen-bond donors (Lipinski definition) is 1. The summed E-state index contributed by atoms with van der Waals surface area (Å²) in [7, 11) is 0. The van der Waals surface area contributed by atoms with E-state index in [1.54, 1.807) is 18.5 Å². The summed E-state index contributed by atoms with van der Waals surface area (Å²) in [4.78, 5) is 23.4. The highest BCUT2D eigenvalue weighted by Crippen LogP contribution is 2.38. The predicted molar refractivity (Wildman–Crippen MR) is 124 cm³/mol. The van der Waals surface area contributed by atoms with Gasteiger partial charge in [-0.1, -0.05) is 0 Å². The molecule has 9 heteroatoms. The molecule has 0 spiro atoms. The molecule has 1 aliphatic rings. The lowest BCUT2D eigenvalue weighted by Gasteiger charge is -2.26. The molecular formula is C24H21F2N5OS. The minimum absolute atomic E-state index is 0.123. The Labute approximate surface area is 193 Å². The average Bonchev–Trinajstić information content (AvgIpc) is 3.55. The number of halogens is 2. The van der Waals surface area contributed by atoms with Crippen molar-refractivity contribution in [2.24, 2.45) is 0 Å². The van der Waals surface area contributed by atoms with E-state index in [0.717, 1.165) is 30.2 Å². The van der Waals surface area contributed by atoms with Gasteiger partial charge in [-0.05, 0) is 54.8 Å². The highest BCUT2D eigenvalue weighted by Gasteiger charge is 2.30. The van der Waals surface area contributed by atoms with Gasteiger partial charge in [0.1, 0.15) is 17.3 Å². The highest BCUT2D eigenvalue weighted by molar-refractivity contribution is 7.14. The largest absolute Gasteiger partial charge is 0.361 e. The zero-order valence-corrected chi connectivity index (χ0v) is 18.4. The molecule has 0 aliphatic carbocycles. The average molecular weight is 466 g/mol. The first-order valence-electron chi connectivity index (χ1n) is 10.6. The Morgan fingerprint density at radius 1 is 1.18 bits per heavy atom. The Hall–Kier alpha value is -3.59.